The lowest BCUT2D eigenvalue weighted by atomic mass is 10.2. The van der Waals surface area contributed by atoms with Crippen molar-refractivity contribution < 1.29 is 26.1 Å². The molecular formula is C11H14ClNO2S. The van der Waals surface area contributed by atoms with E-state index in [1.165, 1.54) is 11.0 Å². The lowest BCUT2D eigenvalue weighted by molar-refractivity contribution is -0.690. The van der Waals surface area contributed by atoms with Crippen LogP contribution in [0.1, 0.15) is 5.56 Å². The first-order valence-corrected chi connectivity index (χ1v) is 6.65. The second kappa shape index (κ2) is 5.48. The van der Waals surface area contributed by atoms with Crippen LogP contribution in [0.2, 0.25) is 0 Å². The molecule has 1 aliphatic rings. The Balaban J connectivity index is 0.00000128. The molecule has 5 heteroatoms. The van der Waals surface area contributed by atoms with E-state index in [4.69, 9.17) is 0 Å². The summed E-state index contributed by atoms with van der Waals surface area (Å²) in [7, 11) is -2.91. The van der Waals surface area contributed by atoms with Gasteiger partial charge in [-0.1, -0.05) is 30.3 Å². The van der Waals surface area contributed by atoms with Crippen LogP contribution in [-0.2, 0) is 16.4 Å². The Hall–Kier alpha value is -0.840. The van der Waals surface area contributed by atoms with Crippen molar-refractivity contribution in [3.05, 3.63) is 47.4 Å². The number of benzene rings is 1. The summed E-state index contributed by atoms with van der Waals surface area (Å²) in [6.07, 6.45) is 1.76. The average molecular weight is 260 g/mol. The zero-order valence-corrected chi connectivity index (χ0v) is 10.3. The van der Waals surface area contributed by atoms with Crippen LogP contribution in [0.4, 0.5) is 0 Å². The van der Waals surface area contributed by atoms with Crippen molar-refractivity contribution in [1.29, 1.82) is 0 Å². The van der Waals surface area contributed by atoms with Gasteiger partial charge in [-0.15, -0.1) is 0 Å². The molecule has 16 heavy (non-hydrogen) atoms. The molecule has 0 bridgehead atoms. The Bertz CT molecular complexity index is 456. The molecule has 0 aliphatic carbocycles. The summed E-state index contributed by atoms with van der Waals surface area (Å²) < 4.78 is 22.3. The quantitative estimate of drug-likeness (QED) is 0.632. The van der Waals surface area contributed by atoms with Crippen LogP contribution in [-0.4, -0.2) is 20.2 Å². The van der Waals surface area contributed by atoms with Gasteiger partial charge >= 0.3 is 0 Å². The van der Waals surface area contributed by atoms with Crippen LogP contribution < -0.4 is 17.7 Å². The maximum Gasteiger partial charge on any atom is 0.177 e. The van der Waals surface area contributed by atoms with E-state index >= 15 is 0 Å². The minimum absolute atomic E-state index is 0. The maximum atomic E-state index is 11.1. The summed E-state index contributed by atoms with van der Waals surface area (Å²) in [5.74, 6) is 0.236. The van der Waals surface area contributed by atoms with Gasteiger partial charge in [-0.2, -0.15) is 0 Å². The fraction of sp³-hybridized carbons (Fsp3) is 0.273. The van der Waals surface area contributed by atoms with Crippen LogP contribution in [0.3, 0.4) is 0 Å². The van der Waals surface area contributed by atoms with Gasteiger partial charge in [0.15, 0.2) is 9.84 Å². The third kappa shape index (κ3) is 3.63. The molecule has 1 aromatic carbocycles. The lowest BCUT2D eigenvalue weighted by Gasteiger charge is -2.05. The Labute approximate surface area is 102 Å². The average Bonchev–Trinajstić information content (AvgIpc) is 2.57. The van der Waals surface area contributed by atoms with Gasteiger partial charge < -0.3 is 17.7 Å². The van der Waals surface area contributed by atoms with E-state index in [0.717, 1.165) is 6.54 Å². The molecule has 0 amide bonds. The Morgan fingerprint density at radius 2 is 1.94 bits per heavy atom. The number of halogens is 1. The smallest absolute Gasteiger partial charge is 0.177 e. The molecule has 1 aromatic rings. The molecule has 1 atom stereocenters. The highest BCUT2D eigenvalue weighted by Gasteiger charge is 2.23. The predicted molar refractivity (Wildman–Crippen MR) is 58.8 cm³/mol. The van der Waals surface area contributed by atoms with Crippen molar-refractivity contribution in [2.45, 2.75) is 12.6 Å². The molecule has 1 unspecified atom stereocenters. The van der Waals surface area contributed by atoms with Gasteiger partial charge in [-0.05, 0) is 6.08 Å². The van der Waals surface area contributed by atoms with Gasteiger partial charge in [-0.25, -0.2) is 8.42 Å². The van der Waals surface area contributed by atoms with Crippen molar-refractivity contribution in [3.8, 4) is 0 Å². The molecule has 0 saturated heterocycles. The lowest BCUT2D eigenvalue weighted by Crippen LogP contribution is -3.00. The number of sulfone groups is 1. The van der Waals surface area contributed by atoms with E-state index in [1.807, 2.05) is 30.3 Å². The van der Waals surface area contributed by atoms with Crippen LogP contribution in [0, 0.1) is 0 Å². The van der Waals surface area contributed by atoms with E-state index < -0.39 is 9.84 Å². The topological polar surface area (TPSA) is 50.8 Å². The normalized spacial score (nSPS) is 21.6. The van der Waals surface area contributed by atoms with Crippen LogP contribution in [0.25, 0.3) is 0 Å². The Morgan fingerprint density at radius 3 is 2.50 bits per heavy atom. The number of hydrogen-bond donors (Lipinski definition) is 1. The molecule has 1 aliphatic heterocycles. The van der Waals surface area contributed by atoms with E-state index in [-0.39, 0.29) is 24.2 Å². The summed E-state index contributed by atoms with van der Waals surface area (Å²) >= 11 is 0. The second-order valence-corrected chi connectivity index (χ2v) is 5.68. The summed E-state index contributed by atoms with van der Waals surface area (Å²) in [6.45, 7) is 0.825. The van der Waals surface area contributed by atoms with Gasteiger partial charge in [-0.3, -0.25) is 0 Å². The number of nitrogens with two attached hydrogens (primary N) is 1. The standard InChI is InChI=1S/C11H13NO2S.ClH/c13-15(14)7-6-11(9-15)12-8-10-4-2-1-3-5-10;/h1-7,11-12H,8-9H2;1H. The predicted octanol–water partition coefficient (Wildman–Crippen LogP) is -2.94. The molecule has 0 saturated carbocycles. The van der Waals surface area contributed by atoms with E-state index in [0.29, 0.717) is 0 Å². The molecule has 1 heterocycles. The largest absolute Gasteiger partial charge is 1.00 e. The molecular weight excluding hydrogens is 246 g/mol. The third-order valence-electron chi connectivity index (χ3n) is 2.46. The zero-order valence-electron chi connectivity index (χ0n) is 8.71. The molecule has 2 N–H and O–H groups in total. The minimum atomic E-state index is -2.91. The molecule has 0 spiro atoms. The van der Waals surface area contributed by atoms with Crippen molar-refractivity contribution in [3.63, 3.8) is 0 Å². The van der Waals surface area contributed by atoms with Crippen molar-refractivity contribution in [2.75, 3.05) is 5.75 Å². The third-order valence-corrected chi connectivity index (χ3v) is 3.88. The molecule has 0 radical (unpaired) electrons. The molecule has 2 rings (SSSR count). The Morgan fingerprint density at radius 1 is 1.25 bits per heavy atom. The van der Waals surface area contributed by atoms with Gasteiger partial charge in [0.25, 0.3) is 0 Å². The first-order valence-electron chi connectivity index (χ1n) is 4.94. The second-order valence-electron chi connectivity index (χ2n) is 3.75. The van der Waals surface area contributed by atoms with Crippen molar-refractivity contribution in [1.82, 2.24) is 0 Å². The van der Waals surface area contributed by atoms with Crippen LogP contribution in [0.15, 0.2) is 41.8 Å². The molecule has 3 nitrogen and oxygen atoms in total. The highest BCUT2D eigenvalue weighted by molar-refractivity contribution is 7.94. The summed E-state index contributed by atoms with van der Waals surface area (Å²) in [6, 6.07) is 10.1. The number of rotatable bonds is 3. The van der Waals surface area contributed by atoms with Gasteiger partial charge in [0.2, 0.25) is 0 Å². The summed E-state index contributed by atoms with van der Waals surface area (Å²) in [5, 5.41) is 3.37. The molecule has 0 fully saturated rings. The highest BCUT2D eigenvalue weighted by atomic mass is 35.5. The molecule has 88 valence electrons. The van der Waals surface area contributed by atoms with E-state index in [9.17, 15) is 8.42 Å². The monoisotopic (exact) mass is 259 g/mol. The van der Waals surface area contributed by atoms with E-state index in [2.05, 4.69) is 5.32 Å². The van der Waals surface area contributed by atoms with Crippen LogP contribution >= 0.6 is 0 Å². The Kier molecular flexibility index (Phi) is 4.53. The highest BCUT2D eigenvalue weighted by Crippen LogP contribution is 2.04. The first kappa shape index (κ1) is 13.2. The van der Waals surface area contributed by atoms with E-state index in [1.54, 1.807) is 6.08 Å². The maximum absolute atomic E-state index is 11.1. The summed E-state index contributed by atoms with van der Waals surface area (Å²) in [5.41, 5.74) is 1.22. The minimum Gasteiger partial charge on any atom is -1.00 e. The van der Waals surface area contributed by atoms with Crippen LogP contribution in [0.5, 0.6) is 0 Å². The first-order chi connectivity index (χ1) is 7.16. The van der Waals surface area contributed by atoms with Gasteiger partial charge in [0.05, 0.1) is 0 Å². The van der Waals surface area contributed by atoms with Crippen molar-refractivity contribution >= 4 is 9.84 Å². The SMILES string of the molecule is O=S1(=O)C=CC([NH2+]Cc2ccccc2)C1.[Cl-]. The fourth-order valence-corrected chi connectivity index (χ4v) is 2.98. The van der Waals surface area contributed by atoms with Gasteiger partial charge in [0.1, 0.15) is 18.3 Å². The van der Waals surface area contributed by atoms with Gasteiger partial charge in [0, 0.05) is 11.0 Å². The number of quaternary nitrogens is 1. The fourth-order valence-electron chi connectivity index (χ4n) is 1.65. The molecule has 0 aromatic heterocycles. The zero-order chi connectivity index (χ0) is 10.7. The van der Waals surface area contributed by atoms with Crippen molar-refractivity contribution in [2.24, 2.45) is 0 Å². The number of hydrogen-bond acceptors (Lipinski definition) is 2. The summed E-state index contributed by atoms with van der Waals surface area (Å²) in [4.78, 5) is 0.